The molecule has 2 aliphatic heterocycles. The van der Waals surface area contributed by atoms with Gasteiger partial charge in [0.25, 0.3) is 5.56 Å². The summed E-state index contributed by atoms with van der Waals surface area (Å²) in [5.74, 6) is -0.612. The number of piperidine rings is 1. The van der Waals surface area contributed by atoms with Crippen LogP contribution >= 0.6 is 0 Å². The van der Waals surface area contributed by atoms with Crippen LogP contribution < -0.4 is 26.2 Å². The first kappa shape index (κ1) is 28.2. The lowest BCUT2D eigenvalue weighted by molar-refractivity contribution is -0.118. The predicted molar refractivity (Wildman–Crippen MR) is 152 cm³/mol. The number of methoxy groups -OCH3 is 1. The average molecular weight is 562 g/mol. The van der Waals surface area contributed by atoms with Crippen molar-refractivity contribution in [2.45, 2.75) is 44.7 Å². The third kappa shape index (κ3) is 5.92. The standard InChI is InChI=1S/C31H35N3O7/c1-18(2)17-40-30-22(6-4-8-26(30)39-3)23(12-27(32)36)31-29(38)25(35)11-21(41-31)16-33-13-19-10-20(15-33)24-7-5-9-28(37)34(24)14-19/h4-9,11,19-20,23,38H,1,10,12-17H2,2-3H3,(H2,32,36)/t19-,20+,23?/m1/s1. The zero-order valence-electron chi connectivity index (χ0n) is 23.3. The molecule has 0 saturated carbocycles. The van der Waals surface area contributed by atoms with Crippen LogP contribution in [0.25, 0.3) is 0 Å². The first-order valence-electron chi connectivity index (χ1n) is 13.6. The van der Waals surface area contributed by atoms with E-state index in [-0.39, 0.29) is 36.2 Å². The van der Waals surface area contributed by atoms with Crippen LogP contribution in [0, 0.1) is 5.92 Å². The normalized spacial score (nSPS) is 18.8. The molecule has 0 spiro atoms. The lowest BCUT2D eigenvalue weighted by Crippen LogP contribution is -2.46. The van der Waals surface area contributed by atoms with Crippen LogP contribution in [0.1, 0.15) is 54.4 Å². The van der Waals surface area contributed by atoms with E-state index in [2.05, 4.69) is 11.5 Å². The number of para-hydroxylation sites is 1. The minimum absolute atomic E-state index is 0.0180. The maximum atomic E-state index is 13.0. The Morgan fingerprint density at radius 1 is 1.20 bits per heavy atom. The first-order chi connectivity index (χ1) is 19.6. The van der Waals surface area contributed by atoms with Gasteiger partial charge in [0.05, 0.1) is 19.6 Å². The number of carbonyl (C=O) groups excluding carboxylic acids is 1. The third-order valence-corrected chi connectivity index (χ3v) is 7.72. The molecular weight excluding hydrogens is 526 g/mol. The van der Waals surface area contributed by atoms with Crippen LogP contribution in [0.5, 0.6) is 17.2 Å². The van der Waals surface area contributed by atoms with Crippen molar-refractivity contribution in [2.75, 3.05) is 26.8 Å². The molecule has 2 aliphatic rings. The Balaban J connectivity index is 1.49. The van der Waals surface area contributed by atoms with E-state index in [1.54, 1.807) is 30.3 Å². The van der Waals surface area contributed by atoms with E-state index in [4.69, 9.17) is 19.6 Å². The fourth-order valence-electron chi connectivity index (χ4n) is 6.08. The molecule has 4 heterocycles. The van der Waals surface area contributed by atoms with Gasteiger partial charge in [-0.1, -0.05) is 24.8 Å². The zero-order chi connectivity index (χ0) is 29.3. The number of amides is 1. The molecule has 10 nitrogen and oxygen atoms in total. The van der Waals surface area contributed by atoms with Gasteiger partial charge in [0.15, 0.2) is 17.3 Å². The van der Waals surface area contributed by atoms with Gasteiger partial charge in [-0.15, -0.1) is 0 Å². The largest absolute Gasteiger partial charge is 0.502 e. The molecule has 10 heteroatoms. The van der Waals surface area contributed by atoms with Gasteiger partial charge in [-0.25, -0.2) is 0 Å². The maximum absolute atomic E-state index is 13.0. The van der Waals surface area contributed by atoms with Crippen LogP contribution in [0.3, 0.4) is 0 Å². The second-order valence-electron chi connectivity index (χ2n) is 11.0. The number of rotatable bonds is 10. The number of likely N-dealkylation sites (tertiary alicyclic amines) is 1. The van der Waals surface area contributed by atoms with Crippen LogP contribution in [0.15, 0.2) is 68.6 Å². The highest BCUT2D eigenvalue weighted by Crippen LogP contribution is 2.42. The van der Waals surface area contributed by atoms with Crippen molar-refractivity contribution >= 4 is 5.91 Å². The van der Waals surface area contributed by atoms with Gasteiger partial charge in [-0.2, -0.15) is 0 Å². The van der Waals surface area contributed by atoms with Crippen molar-refractivity contribution in [3.63, 3.8) is 0 Å². The smallest absolute Gasteiger partial charge is 0.250 e. The number of fused-ring (bicyclic) bond motifs is 4. The molecule has 1 unspecified atom stereocenters. The summed E-state index contributed by atoms with van der Waals surface area (Å²) in [4.78, 5) is 39.8. The average Bonchev–Trinajstić information content (AvgIpc) is 2.93. The molecule has 1 fully saturated rings. The quantitative estimate of drug-likeness (QED) is 0.360. The number of benzene rings is 1. The second kappa shape index (κ2) is 11.7. The molecule has 0 aliphatic carbocycles. The van der Waals surface area contributed by atoms with Gasteiger partial charge in [0, 0.05) is 55.4 Å². The minimum Gasteiger partial charge on any atom is -0.502 e. The zero-order valence-corrected chi connectivity index (χ0v) is 23.3. The van der Waals surface area contributed by atoms with Crippen LogP contribution in [0.4, 0.5) is 0 Å². The van der Waals surface area contributed by atoms with Gasteiger partial charge >= 0.3 is 0 Å². The van der Waals surface area contributed by atoms with E-state index in [1.165, 1.54) is 13.2 Å². The van der Waals surface area contributed by atoms with E-state index in [0.717, 1.165) is 24.2 Å². The lowest BCUT2D eigenvalue weighted by atomic mass is 9.83. The molecule has 3 aromatic rings. The Bertz CT molecular complexity index is 1590. The maximum Gasteiger partial charge on any atom is 0.250 e. The lowest BCUT2D eigenvalue weighted by Gasteiger charge is -2.42. The van der Waals surface area contributed by atoms with Gasteiger partial charge in [0.2, 0.25) is 17.1 Å². The summed E-state index contributed by atoms with van der Waals surface area (Å²) in [6, 6.07) is 11.8. The van der Waals surface area contributed by atoms with Gasteiger partial charge in [0.1, 0.15) is 12.4 Å². The van der Waals surface area contributed by atoms with E-state index in [9.17, 15) is 19.5 Å². The number of nitrogens with zero attached hydrogens (tertiary/aromatic N) is 2. The topological polar surface area (TPSA) is 137 Å². The Morgan fingerprint density at radius 3 is 2.71 bits per heavy atom. The fourth-order valence-corrected chi connectivity index (χ4v) is 6.08. The minimum atomic E-state index is -0.908. The molecule has 3 atom stereocenters. The van der Waals surface area contributed by atoms with Gasteiger partial charge in [-0.3, -0.25) is 19.3 Å². The Kier molecular flexibility index (Phi) is 8.03. The molecule has 41 heavy (non-hydrogen) atoms. The molecule has 5 rings (SSSR count). The van der Waals surface area contributed by atoms with E-state index < -0.39 is 23.0 Å². The summed E-state index contributed by atoms with van der Waals surface area (Å²) in [5, 5.41) is 10.9. The summed E-state index contributed by atoms with van der Waals surface area (Å²) < 4.78 is 19.6. The number of pyridine rings is 1. The highest BCUT2D eigenvalue weighted by atomic mass is 16.5. The summed E-state index contributed by atoms with van der Waals surface area (Å²) in [6.07, 6.45) is 0.754. The molecule has 1 aromatic carbocycles. The van der Waals surface area contributed by atoms with E-state index in [0.29, 0.717) is 42.5 Å². The number of hydrogen-bond donors (Lipinski definition) is 2. The Labute approximate surface area is 237 Å². The molecule has 0 radical (unpaired) electrons. The van der Waals surface area contributed by atoms with Gasteiger partial charge < -0.3 is 29.3 Å². The van der Waals surface area contributed by atoms with E-state index >= 15 is 0 Å². The van der Waals surface area contributed by atoms with Crippen molar-refractivity contribution in [1.29, 1.82) is 0 Å². The molecule has 2 bridgehead atoms. The highest BCUT2D eigenvalue weighted by Gasteiger charge is 2.35. The monoisotopic (exact) mass is 561 g/mol. The van der Waals surface area contributed by atoms with Crippen molar-refractivity contribution < 1.29 is 23.8 Å². The summed E-state index contributed by atoms with van der Waals surface area (Å²) in [5.41, 5.74) is 7.30. The molecule has 216 valence electrons. The van der Waals surface area contributed by atoms with Crippen LogP contribution in [0.2, 0.25) is 0 Å². The number of primary amides is 1. The van der Waals surface area contributed by atoms with Crippen LogP contribution in [-0.4, -0.2) is 47.3 Å². The number of ether oxygens (including phenoxy) is 2. The SMILES string of the molecule is C=C(C)COc1c(OC)cccc1C(CC(N)=O)c1oc(CN2C[C@H]3C[C@@H](C2)c2cccc(=O)n2C3)cc(=O)c1O. The number of aromatic nitrogens is 1. The number of aromatic hydroxyl groups is 1. The molecule has 1 amide bonds. The highest BCUT2D eigenvalue weighted by molar-refractivity contribution is 5.76. The molecular formula is C31H35N3O7. The Hall–Kier alpha value is -4.31. The number of nitrogens with two attached hydrogens (primary N) is 1. The fraction of sp³-hybridized carbons (Fsp3) is 0.387. The van der Waals surface area contributed by atoms with Crippen LogP contribution in [-0.2, 0) is 17.9 Å². The van der Waals surface area contributed by atoms with Crippen molar-refractivity contribution in [2.24, 2.45) is 11.7 Å². The Morgan fingerprint density at radius 2 is 1.98 bits per heavy atom. The number of hydrogen-bond acceptors (Lipinski definition) is 8. The van der Waals surface area contributed by atoms with Crippen molar-refractivity contribution in [1.82, 2.24) is 9.47 Å². The molecule has 2 aromatic heterocycles. The first-order valence-corrected chi connectivity index (χ1v) is 13.6. The van der Waals surface area contributed by atoms with Crippen molar-refractivity contribution in [3.8, 4) is 17.2 Å². The predicted octanol–water partition coefficient (Wildman–Crippen LogP) is 3.10. The summed E-state index contributed by atoms with van der Waals surface area (Å²) in [6.45, 7) is 8.29. The molecule has 3 N–H and O–H groups in total. The molecule has 1 saturated heterocycles. The number of carbonyl (C=O) groups is 1. The van der Waals surface area contributed by atoms with Gasteiger partial charge in [-0.05, 0) is 37.0 Å². The van der Waals surface area contributed by atoms with E-state index in [1.807, 2.05) is 17.6 Å². The summed E-state index contributed by atoms with van der Waals surface area (Å²) >= 11 is 0. The van der Waals surface area contributed by atoms with Crippen molar-refractivity contribution in [3.05, 3.63) is 98.0 Å². The third-order valence-electron chi connectivity index (χ3n) is 7.72. The summed E-state index contributed by atoms with van der Waals surface area (Å²) in [7, 11) is 1.50. The second-order valence-corrected chi connectivity index (χ2v) is 11.0.